The highest BCUT2D eigenvalue weighted by Crippen LogP contribution is 2.35. The molecule has 1 atom stereocenters. The molecule has 1 unspecified atom stereocenters. The van der Waals surface area contributed by atoms with Gasteiger partial charge in [0, 0.05) is 0 Å². The molecular weight excluding hydrogens is 311 g/mol. The molecule has 0 aromatic heterocycles. The summed E-state index contributed by atoms with van der Waals surface area (Å²) < 4.78 is 11.1. The van der Waals surface area contributed by atoms with Crippen molar-refractivity contribution in [2.24, 2.45) is 0 Å². The molecule has 0 aliphatic heterocycles. The Morgan fingerprint density at radius 2 is 1.39 bits per heavy atom. The van der Waals surface area contributed by atoms with E-state index in [-0.39, 0.29) is 6.16 Å². The smallest absolute Gasteiger partial charge is 0.0878 e. The summed E-state index contributed by atoms with van der Waals surface area (Å²) in [5, 5.41) is 10.4. The summed E-state index contributed by atoms with van der Waals surface area (Å²) in [6, 6.07) is 0. The van der Waals surface area contributed by atoms with Crippen LogP contribution in [-0.4, -0.2) is 11.9 Å². The topological polar surface area (TPSA) is 80.3 Å². The van der Waals surface area contributed by atoms with Gasteiger partial charge in [-0.2, -0.15) is 0 Å². The Bertz CT molecular complexity index is 511. The molecule has 0 rings (SSSR count). The third-order valence-corrected chi connectivity index (χ3v) is 5.01. The van der Waals surface area contributed by atoms with Gasteiger partial charge >= 0.3 is 0 Å². The second kappa shape index (κ2) is 11.4. The van der Waals surface area contributed by atoms with E-state index >= 15 is 0 Å². The highest BCUT2D eigenvalue weighted by atomic mass is 31.2. The maximum Gasteiger partial charge on any atom is 0.0878 e. The molecule has 0 saturated carbocycles. The molecule has 0 amide bonds. The first-order chi connectivity index (χ1) is 10.6. The highest BCUT2D eigenvalue weighted by Gasteiger charge is 2.07. The minimum absolute atomic E-state index is 0.323. The van der Waals surface area contributed by atoms with Crippen LogP contribution >= 0.6 is 7.37 Å². The van der Waals surface area contributed by atoms with E-state index in [0.29, 0.717) is 12.8 Å². The van der Waals surface area contributed by atoms with E-state index < -0.39 is 13.1 Å². The normalized spacial score (nSPS) is 15.2. The Hall–Kier alpha value is -1.12. The SMILES string of the molecule is CC(C)=CCC/C(C)=C/CC/C(C)=C/CCCP(=O)([O-])C(=O)[O-]. The lowest BCUT2D eigenvalue weighted by Crippen LogP contribution is -2.27. The van der Waals surface area contributed by atoms with E-state index in [4.69, 9.17) is 0 Å². The molecule has 0 heterocycles. The van der Waals surface area contributed by atoms with Gasteiger partial charge in [-0.05, 0) is 72.4 Å². The summed E-state index contributed by atoms with van der Waals surface area (Å²) in [4.78, 5) is 21.4. The zero-order valence-corrected chi connectivity index (χ0v) is 15.7. The van der Waals surface area contributed by atoms with E-state index in [1.165, 1.54) is 16.7 Å². The zero-order valence-electron chi connectivity index (χ0n) is 14.8. The molecule has 0 aromatic carbocycles. The minimum Gasteiger partial charge on any atom is -0.795 e. The van der Waals surface area contributed by atoms with Crippen molar-refractivity contribution < 1.29 is 19.4 Å². The summed E-state index contributed by atoms with van der Waals surface area (Å²) in [6.07, 6.45) is 11.1. The van der Waals surface area contributed by atoms with Crippen molar-refractivity contribution >= 4 is 13.1 Å². The molecule has 0 bridgehead atoms. The number of allylic oxidation sites excluding steroid dienone is 6. The molecule has 0 N–H and O–H groups in total. The van der Waals surface area contributed by atoms with E-state index in [0.717, 1.165) is 25.7 Å². The van der Waals surface area contributed by atoms with Crippen LogP contribution in [0.1, 0.15) is 66.2 Å². The molecule has 0 aliphatic carbocycles. The van der Waals surface area contributed by atoms with Crippen LogP contribution in [-0.2, 0) is 4.57 Å². The molecule has 132 valence electrons. The van der Waals surface area contributed by atoms with Crippen LogP contribution in [0, 0.1) is 0 Å². The third kappa shape index (κ3) is 12.0. The number of rotatable bonds is 11. The van der Waals surface area contributed by atoms with E-state index in [9.17, 15) is 19.4 Å². The van der Waals surface area contributed by atoms with Crippen LogP contribution < -0.4 is 10.00 Å². The standard InChI is InChI=1S/C18H31O4P/c1-15(2)9-7-11-17(4)13-8-12-16(3)10-5-6-14-23(21,22)18(19)20/h9-10,13H,5-8,11-12,14H2,1-4H3,(H,19,20)(H,21,22)/p-2/b16-10+,17-13+. The molecule has 0 fully saturated rings. The summed E-state index contributed by atoms with van der Waals surface area (Å²) in [5.74, 6) is 0. The fraction of sp³-hybridized carbons (Fsp3) is 0.611. The summed E-state index contributed by atoms with van der Waals surface area (Å²) in [6.45, 7) is 8.36. The van der Waals surface area contributed by atoms with Crippen molar-refractivity contribution in [1.29, 1.82) is 0 Å². The number of carbonyl (C=O) groups is 1. The fourth-order valence-corrected chi connectivity index (χ4v) is 2.86. The number of unbranched alkanes of at least 4 members (excludes halogenated alkanes) is 1. The Balaban J connectivity index is 4.01. The largest absolute Gasteiger partial charge is 0.795 e. The minimum atomic E-state index is -4.36. The second-order valence-electron chi connectivity index (χ2n) is 6.26. The molecule has 0 aliphatic rings. The monoisotopic (exact) mass is 340 g/mol. The van der Waals surface area contributed by atoms with Gasteiger partial charge in [0.25, 0.3) is 0 Å². The van der Waals surface area contributed by atoms with Crippen molar-refractivity contribution in [3.8, 4) is 0 Å². The maximum atomic E-state index is 11.1. The van der Waals surface area contributed by atoms with Gasteiger partial charge < -0.3 is 19.4 Å². The van der Waals surface area contributed by atoms with Gasteiger partial charge in [-0.25, -0.2) is 0 Å². The van der Waals surface area contributed by atoms with E-state index in [2.05, 4.69) is 32.9 Å². The molecule has 5 heteroatoms. The Morgan fingerprint density at radius 3 is 1.87 bits per heavy atom. The molecule has 0 aromatic rings. The predicted molar refractivity (Wildman–Crippen MR) is 92.5 cm³/mol. The van der Waals surface area contributed by atoms with Gasteiger partial charge in [0.05, 0.1) is 13.1 Å². The first-order valence-electron chi connectivity index (χ1n) is 8.11. The quantitative estimate of drug-likeness (QED) is 0.321. The average Bonchev–Trinajstić information content (AvgIpc) is 2.43. The van der Waals surface area contributed by atoms with Crippen molar-refractivity contribution in [1.82, 2.24) is 0 Å². The first kappa shape index (κ1) is 21.9. The van der Waals surface area contributed by atoms with Crippen molar-refractivity contribution in [3.05, 3.63) is 34.9 Å². The first-order valence-corrected chi connectivity index (χ1v) is 9.92. The van der Waals surface area contributed by atoms with Crippen LogP contribution in [0.4, 0.5) is 4.79 Å². The van der Waals surface area contributed by atoms with Crippen LogP contribution in [0.25, 0.3) is 0 Å². The predicted octanol–water partition coefficient (Wildman–Crippen LogP) is 4.17. The number of hydrogen-bond acceptors (Lipinski definition) is 4. The molecule has 0 saturated heterocycles. The lowest BCUT2D eigenvalue weighted by atomic mass is 10.1. The van der Waals surface area contributed by atoms with Gasteiger partial charge in [-0.15, -0.1) is 0 Å². The second-order valence-corrected chi connectivity index (χ2v) is 8.42. The Kier molecular flexibility index (Phi) is 10.9. The number of carbonyl (C=O) groups excluding carboxylic acids is 1. The fourth-order valence-electron chi connectivity index (χ4n) is 2.08. The van der Waals surface area contributed by atoms with E-state index in [1.807, 2.05) is 13.0 Å². The van der Waals surface area contributed by atoms with Crippen molar-refractivity contribution in [3.63, 3.8) is 0 Å². The summed E-state index contributed by atoms with van der Waals surface area (Å²) in [5.41, 5.74) is 1.98. The summed E-state index contributed by atoms with van der Waals surface area (Å²) in [7, 11) is -4.36. The molecule has 0 spiro atoms. The van der Waals surface area contributed by atoms with Crippen molar-refractivity contribution in [2.45, 2.75) is 66.2 Å². The van der Waals surface area contributed by atoms with E-state index in [1.54, 1.807) is 0 Å². The number of hydrogen-bond donors (Lipinski definition) is 0. The molecule has 4 nitrogen and oxygen atoms in total. The zero-order chi connectivity index (χ0) is 17.9. The summed E-state index contributed by atoms with van der Waals surface area (Å²) >= 11 is 0. The lowest BCUT2D eigenvalue weighted by molar-refractivity contribution is -0.249. The lowest BCUT2D eigenvalue weighted by Gasteiger charge is -2.23. The van der Waals surface area contributed by atoms with Crippen molar-refractivity contribution in [2.75, 3.05) is 6.16 Å². The van der Waals surface area contributed by atoms with Gasteiger partial charge in [0.1, 0.15) is 0 Å². The van der Waals surface area contributed by atoms with Gasteiger partial charge in [-0.3, -0.25) is 0 Å². The number of carboxylic acid groups (broad SMARTS) is 1. The molecule has 0 radical (unpaired) electrons. The van der Waals surface area contributed by atoms with Crippen LogP contribution in [0.2, 0.25) is 0 Å². The maximum absolute atomic E-state index is 11.1. The van der Waals surface area contributed by atoms with Crippen LogP contribution in [0.5, 0.6) is 0 Å². The van der Waals surface area contributed by atoms with Gasteiger partial charge in [0.15, 0.2) is 0 Å². The Labute approximate surface area is 140 Å². The average molecular weight is 340 g/mol. The van der Waals surface area contributed by atoms with Crippen LogP contribution in [0.15, 0.2) is 34.9 Å². The molecule has 23 heavy (non-hydrogen) atoms. The molecular formula is C18H29O4P-2. The highest BCUT2D eigenvalue weighted by molar-refractivity contribution is 7.73. The van der Waals surface area contributed by atoms with Gasteiger partial charge in [-0.1, -0.05) is 34.9 Å². The Morgan fingerprint density at radius 1 is 0.913 bits per heavy atom. The van der Waals surface area contributed by atoms with Gasteiger partial charge in [0.2, 0.25) is 0 Å². The van der Waals surface area contributed by atoms with Crippen LogP contribution in [0.3, 0.4) is 0 Å². The third-order valence-electron chi connectivity index (χ3n) is 3.55.